The van der Waals surface area contributed by atoms with Gasteiger partial charge in [-0.05, 0) is 36.8 Å². The number of aryl methyl sites for hydroxylation is 1. The molecule has 0 aromatic heterocycles. The summed E-state index contributed by atoms with van der Waals surface area (Å²) in [6, 6.07) is 8.03. The number of hydrogen-bond donors (Lipinski definition) is 1. The molecule has 2 unspecified atom stereocenters. The van der Waals surface area contributed by atoms with E-state index in [1.165, 1.54) is 5.56 Å². The first kappa shape index (κ1) is 11.7. The molecule has 3 heteroatoms. The van der Waals surface area contributed by atoms with Crippen molar-refractivity contribution >= 4 is 5.97 Å². The van der Waals surface area contributed by atoms with Crippen molar-refractivity contribution in [2.24, 2.45) is 5.92 Å². The van der Waals surface area contributed by atoms with Crippen molar-refractivity contribution in [3.05, 3.63) is 35.4 Å². The van der Waals surface area contributed by atoms with Gasteiger partial charge in [-0.15, -0.1) is 0 Å². The van der Waals surface area contributed by atoms with Gasteiger partial charge in [0.05, 0.1) is 12.0 Å². The second-order valence-corrected chi connectivity index (χ2v) is 5.35. The van der Waals surface area contributed by atoms with E-state index in [2.05, 4.69) is 6.07 Å². The van der Waals surface area contributed by atoms with Crippen LogP contribution in [0.1, 0.15) is 30.4 Å². The van der Waals surface area contributed by atoms with E-state index >= 15 is 0 Å². The number of benzene rings is 1. The predicted octanol–water partition coefficient (Wildman–Crippen LogP) is 2.38. The first-order valence-electron chi connectivity index (χ1n) is 6.64. The number of aliphatic carboxylic acids is 1. The van der Waals surface area contributed by atoms with Crippen molar-refractivity contribution in [1.82, 2.24) is 0 Å². The highest BCUT2D eigenvalue weighted by Crippen LogP contribution is 2.46. The minimum atomic E-state index is -0.717. The summed E-state index contributed by atoms with van der Waals surface area (Å²) >= 11 is 0. The van der Waals surface area contributed by atoms with E-state index in [-0.39, 0.29) is 5.92 Å². The van der Waals surface area contributed by atoms with Crippen molar-refractivity contribution in [2.45, 2.75) is 31.1 Å². The molecule has 1 N–H and O–H groups in total. The number of carboxylic acids is 1. The Morgan fingerprint density at radius 2 is 2.22 bits per heavy atom. The Balaban J connectivity index is 2.13. The van der Waals surface area contributed by atoms with E-state index in [1.807, 2.05) is 18.2 Å². The third-order valence-corrected chi connectivity index (χ3v) is 4.52. The fourth-order valence-electron chi connectivity index (χ4n) is 3.61. The molecule has 18 heavy (non-hydrogen) atoms. The van der Waals surface area contributed by atoms with Gasteiger partial charge in [-0.25, -0.2) is 0 Å². The molecule has 0 radical (unpaired) electrons. The summed E-state index contributed by atoms with van der Waals surface area (Å²) in [4.78, 5) is 12.0. The van der Waals surface area contributed by atoms with Crippen LogP contribution >= 0.6 is 0 Å². The SMILES string of the molecule is O=C(O)C1(C2CCOC2)CCCc2ccccc21. The fraction of sp³-hybridized carbons (Fsp3) is 0.533. The molecular weight excluding hydrogens is 228 g/mol. The van der Waals surface area contributed by atoms with Crippen LogP contribution in [0.4, 0.5) is 0 Å². The Morgan fingerprint density at radius 3 is 2.94 bits per heavy atom. The van der Waals surface area contributed by atoms with Crippen LogP contribution in [0, 0.1) is 5.92 Å². The van der Waals surface area contributed by atoms with Gasteiger partial charge in [0.1, 0.15) is 0 Å². The van der Waals surface area contributed by atoms with Crippen molar-refractivity contribution in [1.29, 1.82) is 0 Å². The molecule has 1 heterocycles. The monoisotopic (exact) mass is 246 g/mol. The smallest absolute Gasteiger partial charge is 0.314 e. The highest BCUT2D eigenvalue weighted by molar-refractivity contribution is 5.83. The van der Waals surface area contributed by atoms with Crippen LogP contribution < -0.4 is 0 Å². The maximum atomic E-state index is 12.0. The lowest BCUT2D eigenvalue weighted by Crippen LogP contribution is -2.46. The van der Waals surface area contributed by atoms with Gasteiger partial charge in [0.15, 0.2) is 0 Å². The standard InChI is InChI=1S/C15H18O3/c16-14(17)15(12-7-9-18-10-12)8-3-5-11-4-1-2-6-13(11)15/h1-2,4,6,12H,3,5,7-10H2,(H,16,17). The van der Waals surface area contributed by atoms with Gasteiger partial charge in [0.25, 0.3) is 0 Å². The molecule has 96 valence electrons. The molecule has 1 aromatic rings. The molecular formula is C15H18O3. The maximum Gasteiger partial charge on any atom is 0.314 e. The summed E-state index contributed by atoms with van der Waals surface area (Å²) in [5, 5.41) is 9.84. The number of carbonyl (C=O) groups is 1. The number of ether oxygens (including phenoxy) is 1. The second kappa shape index (κ2) is 4.39. The summed E-state index contributed by atoms with van der Waals surface area (Å²) in [6.07, 6.45) is 3.56. The molecule has 1 aromatic carbocycles. The maximum absolute atomic E-state index is 12.0. The van der Waals surface area contributed by atoms with Crippen LogP contribution in [0.5, 0.6) is 0 Å². The number of carboxylic acid groups (broad SMARTS) is 1. The van der Waals surface area contributed by atoms with E-state index in [9.17, 15) is 9.90 Å². The van der Waals surface area contributed by atoms with Gasteiger partial charge in [0.2, 0.25) is 0 Å². The van der Waals surface area contributed by atoms with Crippen LogP contribution in [-0.2, 0) is 21.4 Å². The zero-order chi connectivity index (χ0) is 12.6. The molecule has 2 aliphatic rings. The number of fused-ring (bicyclic) bond motifs is 1. The zero-order valence-corrected chi connectivity index (χ0v) is 10.4. The molecule has 1 aliphatic heterocycles. The van der Waals surface area contributed by atoms with E-state index in [0.717, 1.165) is 31.2 Å². The quantitative estimate of drug-likeness (QED) is 0.871. The van der Waals surface area contributed by atoms with Crippen LogP contribution in [0.25, 0.3) is 0 Å². The summed E-state index contributed by atoms with van der Waals surface area (Å²) in [5.41, 5.74) is 1.52. The van der Waals surface area contributed by atoms with Crippen LogP contribution in [0.2, 0.25) is 0 Å². The molecule has 0 amide bonds. The van der Waals surface area contributed by atoms with Crippen LogP contribution in [0.15, 0.2) is 24.3 Å². The molecule has 3 rings (SSSR count). The number of hydrogen-bond acceptors (Lipinski definition) is 2. The zero-order valence-electron chi connectivity index (χ0n) is 10.4. The molecule has 2 atom stereocenters. The van der Waals surface area contributed by atoms with Gasteiger partial charge in [0, 0.05) is 12.5 Å². The van der Waals surface area contributed by atoms with Gasteiger partial charge >= 0.3 is 5.97 Å². The third kappa shape index (κ3) is 1.57. The van der Waals surface area contributed by atoms with E-state index < -0.39 is 11.4 Å². The Hall–Kier alpha value is -1.35. The normalized spacial score (nSPS) is 31.0. The summed E-state index contributed by atoms with van der Waals surface area (Å²) in [6.45, 7) is 1.28. The van der Waals surface area contributed by atoms with E-state index in [4.69, 9.17) is 4.74 Å². The lowest BCUT2D eigenvalue weighted by Gasteiger charge is -2.39. The Morgan fingerprint density at radius 1 is 1.39 bits per heavy atom. The van der Waals surface area contributed by atoms with Crippen LogP contribution in [0.3, 0.4) is 0 Å². The molecule has 1 fully saturated rings. The molecule has 0 saturated carbocycles. The van der Waals surface area contributed by atoms with Crippen molar-refractivity contribution in [3.8, 4) is 0 Å². The average Bonchev–Trinajstić information content (AvgIpc) is 2.92. The minimum absolute atomic E-state index is 0.122. The topological polar surface area (TPSA) is 46.5 Å². The second-order valence-electron chi connectivity index (χ2n) is 5.35. The largest absolute Gasteiger partial charge is 0.481 e. The van der Waals surface area contributed by atoms with Gasteiger partial charge in [-0.3, -0.25) is 4.79 Å². The van der Waals surface area contributed by atoms with Crippen molar-refractivity contribution < 1.29 is 14.6 Å². The third-order valence-electron chi connectivity index (χ3n) is 4.52. The lowest BCUT2D eigenvalue weighted by molar-refractivity contribution is -0.147. The number of rotatable bonds is 2. The van der Waals surface area contributed by atoms with Gasteiger partial charge in [-0.2, -0.15) is 0 Å². The van der Waals surface area contributed by atoms with E-state index in [0.29, 0.717) is 13.2 Å². The molecule has 1 saturated heterocycles. The average molecular weight is 246 g/mol. The van der Waals surface area contributed by atoms with Gasteiger partial charge < -0.3 is 9.84 Å². The highest BCUT2D eigenvalue weighted by atomic mass is 16.5. The van der Waals surface area contributed by atoms with Crippen molar-refractivity contribution in [3.63, 3.8) is 0 Å². The molecule has 0 spiro atoms. The predicted molar refractivity (Wildman–Crippen MR) is 67.6 cm³/mol. The Labute approximate surface area is 107 Å². The summed E-state index contributed by atoms with van der Waals surface area (Å²) in [7, 11) is 0. The molecule has 1 aliphatic carbocycles. The van der Waals surface area contributed by atoms with Crippen LogP contribution in [-0.4, -0.2) is 24.3 Å². The summed E-state index contributed by atoms with van der Waals surface area (Å²) in [5.74, 6) is -0.554. The summed E-state index contributed by atoms with van der Waals surface area (Å²) < 4.78 is 5.44. The first-order valence-corrected chi connectivity index (χ1v) is 6.64. The first-order chi connectivity index (χ1) is 8.75. The Kier molecular flexibility index (Phi) is 2.86. The lowest BCUT2D eigenvalue weighted by atomic mass is 9.62. The van der Waals surface area contributed by atoms with E-state index in [1.54, 1.807) is 0 Å². The minimum Gasteiger partial charge on any atom is -0.481 e. The highest BCUT2D eigenvalue weighted by Gasteiger charge is 2.50. The fourth-order valence-corrected chi connectivity index (χ4v) is 3.61. The van der Waals surface area contributed by atoms with Crippen molar-refractivity contribution in [2.75, 3.05) is 13.2 Å². The Bertz CT molecular complexity index is 463. The van der Waals surface area contributed by atoms with Gasteiger partial charge in [-0.1, -0.05) is 24.3 Å². The molecule has 3 nitrogen and oxygen atoms in total. The molecule has 0 bridgehead atoms.